The number of carboxylic acid groups (broad SMARTS) is 1. The summed E-state index contributed by atoms with van der Waals surface area (Å²) in [5.74, 6) is -1.78. The topological polar surface area (TPSA) is 106 Å². The van der Waals surface area contributed by atoms with Gasteiger partial charge < -0.3 is 9.84 Å². The van der Waals surface area contributed by atoms with Gasteiger partial charge in [0.1, 0.15) is 10.9 Å². The van der Waals surface area contributed by atoms with Crippen molar-refractivity contribution in [3.63, 3.8) is 0 Å². The average molecular weight is 328 g/mol. The van der Waals surface area contributed by atoms with E-state index in [4.69, 9.17) is 5.11 Å². The zero-order valence-electron chi connectivity index (χ0n) is 10.6. The minimum absolute atomic E-state index is 0.394. The van der Waals surface area contributed by atoms with Gasteiger partial charge in [0.2, 0.25) is 15.9 Å². The summed E-state index contributed by atoms with van der Waals surface area (Å²) in [5.41, 5.74) is 0. The number of carboxylic acids is 1. The van der Waals surface area contributed by atoms with Gasteiger partial charge in [0.05, 0.1) is 6.20 Å². The smallest absolute Gasteiger partial charge is 0.422 e. The van der Waals surface area contributed by atoms with Gasteiger partial charge in [-0.25, -0.2) is 13.4 Å². The van der Waals surface area contributed by atoms with Gasteiger partial charge >= 0.3 is 12.1 Å². The molecule has 0 radical (unpaired) electrons. The Morgan fingerprint density at radius 1 is 1.48 bits per heavy atom. The molecule has 21 heavy (non-hydrogen) atoms. The maximum Gasteiger partial charge on any atom is 0.422 e. The van der Waals surface area contributed by atoms with Crippen LogP contribution in [-0.2, 0) is 14.8 Å². The van der Waals surface area contributed by atoms with Crippen molar-refractivity contribution >= 4 is 16.0 Å². The number of aliphatic carboxylic acids is 1. The number of aromatic nitrogens is 1. The number of rotatable bonds is 6. The van der Waals surface area contributed by atoms with Crippen molar-refractivity contribution < 1.29 is 36.2 Å². The lowest BCUT2D eigenvalue weighted by molar-refractivity contribution is -0.154. The molecule has 118 valence electrons. The van der Waals surface area contributed by atoms with Crippen molar-refractivity contribution in [2.45, 2.75) is 24.0 Å². The number of alkyl halides is 3. The Hall–Kier alpha value is -1.88. The molecule has 1 aromatic rings. The lowest BCUT2D eigenvalue weighted by atomic mass is 10.4. The molecule has 0 amide bonds. The molecular formula is C10H11F3N2O5S. The van der Waals surface area contributed by atoms with E-state index >= 15 is 0 Å². The normalized spacial score (nSPS) is 13.7. The predicted octanol–water partition coefficient (Wildman–Crippen LogP) is 0.774. The Kier molecular flexibility index (Phi) is 5.12. The van der Waals surface area contributed by atoms with Crippen molar-refractivity contribution in [2.75, 3.05) is 6.61 Å². The molecule has 1 rings (SSSR count). The average Bonchev–Trinajstić information content (AvgIpc) is 2.35. The number of hydrogen-bond donors (Lipinski definition) is 2. The Labute approximate surface area is 117 Å². The van der Waals surface area contributed by atoms with Crippen LogP contribution in [0.15, 0.2) is 23.2 Å². The highest BCUT2D eigenvalue weighted by Gasteiger charge is 2.29. The zero-order valence-corrected chi connectivity index (χ0v) is 11.4. The molecular weight excluding hydrogens is 317 g/mol. The minimum atomic E-state index is -4.54. The van der Waals surface area contributed by atoms with Crippen molar-refractivity contribution in [3.8, 4) is 5.88 Å². The number of ether oxygens (including phenoxy) is 1. The fourth-order valence-corrected chi connectivity index (χ4v) is 2.26. The van der Waals surface area contributed by atoms with Gasteiger partial charge in [0.25, 0.3) is 0 Å². The van der Waals surface area contributed by atoms with Crippen molar-refractivity contribution in [1.82, 2.24) is 9.71 Å². The maximum atomic E-state index is 11.9. The highest BCUT2D eigenvalue weighted by molar-refractivity contribution is 7.89. The molecule has 0 saturated carbocycles. The number of nitrogens with zero attached hydrogens (tertiary/aromatic N) is 1. The third-order valence-corrected chi connectivity index (χ3v) is 3.63. The summed E-state index contributed by atoms with van der Waals surface area (Å²) in [5, 5.41) is 8.61. The minimum Gasteiger partial charge on any atom is -0.480 e. The van der Waals surface area contributed by atoms with E-state index in [1.54, 1.807) is 0 Å². The molecule has 0 aliphatic carbocycles. The number of halogens is 3. The second-order valence-corrected chi connectivity index (χ2v) is 5.63. The zero-order chi connectivity index (χ0) is 16.3. The summed E-state index contributed by atoms with van der Waals surface area (Å²) >= 11 is 0. The van der Waals surface area contributed by atoms with Crippen LogP contribution in [0.2, 0.25) is 0 Å². The third-order valence-electron chi connectivity index (χ3n) is 2.11. The van der Waals surface area contributed by atoms with Crippen LogP contribution in [0.25, 0.3) is 0 Å². The van der Waals surface area contributed by atoms with Gasteiger partial charge in [-0.15, -0.1) is 0 Å². The highest BCUT2D eigenvalue weighted by Crippen LogP contribution is 2.18. The maximum absolute atomic E-state index is 11.9. The largest absolute Gasteiger partial charge is 0.480 e. The van der Waals surface area contributed by atoms with Gasteiger partial charge in [-0.05, 0) is 13.0 Å². The van der Waals surface area contributed by atoms with Crippen LogP contribution < -0.4 is 9.46 Å². The first kappa shape index (κ1) is 17.2. The molecule has 1 aromatic heterocycles. The highest BCUT2D eigenvalue weighted by atomic mass is 32.2. The summed E-state index contributed by atoms with van der Waals surface area (Å²) in [4.78, 5) is 13.6. The number of pyridine rings is 1. The second kappa shape index (κ2) is 6.26. The van der Waals surface area contributed by atoms with Crippen LogP contribution in [0, 0.1) is 0 Å². The third kappa shape index (κ3) is 5.55. The molecule has 0 fully saturated rings. The molecule has 1 heterocycles. The van der Waals surface area contributed by atoms with E-state index in [-0.39, 0.29) is 0 Å². The van der Waals surface area contributed by atoms with E-state index < -0.39 is 45.6 Å². The van der Waals surface area contributed by atoms with E-state index in [2.05, 4.69) is 9.72 Å². The number of carbonyl (C=O) groups is 1. The SMILES string of the molecule is C[C@H](NS(=O)(=O)c1ccc(OCC(F)(F)F)nc1)C(=O)O. The quantitative estimate of drug-likeness (QED) is 0.799. The lowest BCUT2D eigenvalue weighted by Gasteiger charge is -2.11. The van der Waals surface area contributed by atoms with Gasteiger partial charge in [-0.1, -0.05) is 0 Å². The molecule has 0 aliphatic rings. The van der Waals surface area contributed by atoms with Crippen molar-refractivity contribution in [2.24, 2.45) is 0 Å². The molecule has 11 heteroatoms. The van der Waals surface area contributed by atoms with E-state index in [1.807, 2.05) is 4.72 Å². The summed E-state index contributed by atoms with van der Waals surface area (Å²) in [6.07, 6.45) is -3.77. The Bertz CT molecular complexity index is 600. The van der Waals surface area contributed by atoms with Gasteiger partial charge in [0.15, 0.2) is 6.61 Å². The summed E-state index contributed by atoms with van der Waals surface area (Å²) in [6.45, 7) is -0.436. The van der Waals surface area contributed by atoms with Gasteiger partial charge in [-0.2, -0.15) is 17.9 Å². The van der Waals surface area contributed by atoms with Crippen LogP contribution in [-0.4, -0.2) is 43.3 Å². The molecule has 0 saturated heterocycles. The summed E-state index contributed by atoms with van der Waals surface area (Å²) in [7, 11) is -4.14. The molecule has 0 aromatic carbocycles. The molecule has 0 spiro atoms. The first-order valence-electron chi connectivity index (χ1n) is 5.42. The fourth-order valence-electron chi connectivity index (χ4n) is 1.12. The second-order valence-electron chi connectivity index (χ2n) is 3.92. The lowest BCUT2D eigenvalue weighted by Crippen LogP contribution is -2.38. The first-order chi connectivity index (χ1) is 9.51. The fraction of sp³-hybridized carbons (Fsp3) is 0.400. The molecule has 0 unspecified atom stereocenters. The Morgan fingerprint density at radius 3 is 2.52 bits per heavy atom. The monoisotopic (exact) mass is 328 g/mol. The number of hydrogen-bond acceptors (Lipinski definition) is 5. The van der Waals surface area contributed by atoms with Gasteiger partial charge in [-0.3, -0.25) is 4.79 Å². The van der Waals surface area contributed by atoms with Gasteiger partial charge in [0, 0.05) is 6.07 Å². The predicted molar refractivity (Wildman–Crippen MR) is 63.2 cm³/mol. The molecule has 7 nitrogen and oxygen atoms in total. The molecule has 2 N–H and O–H groups in total. The van der Waals surface area contributed by atoms with Crippen LogP contribution in [0.4, 0.5) is 13.2 Å². The van der Waals surface area contributed by atoms with E-state index in [0.717, 1.165) is 25.3 Å². The van der Waals surface area contributed by atoms with E-state index in [0.29, 0.717) is 0 Å². The van der Waals surface area contributed by atoms with Crippen LogP contribution in [0.1, 0.15) is 6.92 Å². The molecule has 0 bridgehead atoms. The van der Waals surface area contributed by atoms with Crippen LogP contribution >= 0.6 is 0 Å². The van der Waals surface area contributed by atoms with Crippen molar-refractivity contribution in [1.29, 1.82) is 0 Å². The number of nitrogens with one attached hydrogen (secondary N) is 1. The molecule has 0 aliphatic heterocycles. The number of sulfonamides is 1. The van der Waals surface area contributed by atoms with E-state index in [1.165, 1.54) is 0 Å². The summed E-state index contributed by atoms with van der Waals surface area (Å²) in [6, 6.07) is 0.526. The standard InChI is InChI=1S/C10H11F3N2O5S/c1-6(9(16)17)15-21(18,19)7-2-3-8(14-4-7)20-5-10(11,12)13/h2-4,6,15H,5H2,1H3,(H,16,17)/t6-/m0/s1. The Balaban J connectivity index is 2.79. The van der Waals surface area contributed by atoms with E-state index in [9.17, 15) is 26.4 Å². The Morgan fingerprint density at radius 2 is 2.10 bits per heavy atom. The summed E-state index contributed by atoms with van der Waals surface area (Å²) < 4.78 is 65.4. The van der Waals surface area contributed by atoms with Crippen LogP contribution in [0.5, 0.6) is 5.88 Å². The first-order valence-corrected chi connectivity index (χ1v) is 6.90. The van der Waals surface area contributed by atoms with Crippen molar-refractivity contribution in [3.05, 3.63) is 18.3 Å². The molecule has 1 atom stereocenters. The van der Waals surface area contributed by atoms with Crippen LogP contribution in [0.3, 0.4) is 0 Å².